The van der Waals surface area contributed by atoms with Crippen molar-refractivity contribution in [3.8, 4) is 12.3 Å². The molecule has 4 fully saturated rings. The third-order valence-electron chi connectivity index (χ3n) is 11.8. The smallest absolute Gasteiger partial charge is 0.305 e. The Kier molecular flexibility index (Phi) is 8.10. The number of hydrogen-bond acceptors (Lipinski definition) is 6. The van der Waals surface area contributed by atoms with Crippen molar-refractivity contribution in [3.63, 3.8) is 0 Å². The Morgan fingerprint density at radius 2 is 1.90 bits per heavy atom. The molecule has 8 atom stereocenters. The van der Waals surface area contributed by atoms with Crippen LogP contribution in [0, 0.1) is 46.8 Å². The summed E-state index contributed by atoms with van der Waals surface area (Å²) in [5.74, 6) is 3.14. The van der Waals surface area contributed by atoms with Crippen LogP contribution in [-0.4, -0.2) is 58.3 Å². The summed E-state index contributed by atoms with van der Waals surface area (Å²) in [6.07, 6.45) is 17.0. The summed E-state index contributed by atoms with van der Waals surface area (Å²) >= 11 is 0. The first-order valence-corrected chi connectivity index (χ1v) is 15.6. The molecule has 4 aliphatic carbocycles. The fourth-order valence-electron chi connectivity index (χ4n) is 9.46. The van der Waals surface area contributed by atoms with Crippen molar-refractivity contribution in [2.24, 2.45) is 39.7 Å². The van der Waals surface area contributed by atoms with Crippen LogP contribution in [0.3, 0.4) is 0 Å². The zero-order valence-electron chi connectivity index (χ0n) is 25.2. The van der Waals surface area contributed by atoms with Gasteiger partial charge in [-0.1, -0.05) is 30.5 Å². The molecule has 3 N–H and O–H groups in total. The molecule has 3 saturated carbocycles. The molecule has 1 amide bonds. The van der Waals surface area contributed by atoms with E-state index in [1.807, 2.05) is 13.8 Å². The Hall–Kier alpha value is -2.37. The normalized spacial score (nSPS) is 41.2. The maximum atomic E-state index is 12.7. The standard InChI is InChI=1S/C33H48N2O6/c1-6-33(39)15-11-26-24-8-7-22-17-23(9-13-31(22,4)25(24)10-14-32(26,33)5)35-41-20-28(36)34-27(18-29(37)38)21-12-16-40-30(2,3)19-21/h1,17,21,24-27,39H,7-16,18-20H2,2-5H3,(H,34,36)(H,37,38)/t21-,24-,25-,26-,27-,31+,32+,33+/m1/s1. The van der Waals surface area contributed by atoms with Gasteiger partial charge in [-0.15, -0.1) is 6.42 Å². The van der Waals surface area contributed by atoms with E-state index >= 15 is 0 Å². The van der Waals surface area contributed by atoms with Gasteiger partial charge < -0.3 is 25.1 Å². The predicted molar refractivity (Wildman–Crippen MR) is 156 cm³/mol. The van der Waals surface area contributed by atoms with E-state index < -0.39 is 17.6 Å². The van der Waals surface area contributed by atoms with Crippen molar-refractivity contribution in [2.45, 2.75) is 116 Å². The molecule has 1 heterocycles. The Morgan fingerprint density at radius 1 is 1.15 bits per heavy atom. The largest absolute Gasteiger partial charge is 0.481 e. The third-order valence-corrected chi connectivity index (χ3v) is 11.8. The number of carbonyl (C=O) groups excluding carboxylic acids is 1. The Bertz CT molecular complexity index is 1150. The minimum Gasteiger partial charge on any atom is -0.481 e. The molecule has 0 aromatic carbocycles. The molecule has 5 rings (SSSR count). The Balaban J connectivity index is 1.19. The fourth-order valence-corrected chi connectivity index (χ4v) is 9.46. The number of nitrogens with one attached hydrogen (secondary N) is 1. The molecule has 0 bridgehead atoms. The highest BCUT2D eigenvalue weighted by Crippen LogP contribution is 2.67. The molecule has 0 aromatic heterocycles. The van der Waals surface area contributed by atoms with Gasteiger partial charge in [0.25, 0.3) is 5.91 Å². The first-order valence-electron chi connectivity index (χ1n) is 15.6. The summed E-state index contributed by atoms with van der Waals surface area (Å²) in [5.41, 5.74) is 0.883. The second kappa shape index (κ2) is 11.0. The molecular weight excluding hydrogens is 520 g/mol. The average Bonchev–Trinajstić information content (AvgIpc) is 3.18. The fraction of sp³-hybridized carbons (Fsp3) is 0.788. The monoisotopic (exact) mass is 568 g/mol. The second-order valence-corrected chi connectivity index (χ2v) is 14.5. The highest BCUT2D eigenvalue weighted by molar-refractivity contribution is 5.96. The lowest BCUT2D eigenvalue weighted by Crippen LogP contribution is -2.54. The summed E-state index contributed by atoms with van der Waals surface area (Å²) in [4.78, 5) is 29.7. The van der Waals surface area contributed by atoms with E-state index in [1.165, 1.54) is 5.57 Å². The topological polar surface area (TPSA) is 117 Å². The molecule has 0 unspecified atom stereocenters. The number of amides is 1. The zero-order chi connectivity index (χ0) is 29.6. The zero-order valence-corrected chi connectivity index (χ0v) is 25.2. The number of ether oxygens (including phenoxy) is 1. The van der Waals surface area contributed by atoms with Gasteiger partial charge in [-0.05, 0) is 113 Å². The number of rotatable bonds is 7. The van der Waals surface area contributed by atoms with Crippen molar-refractivity contribution in [1.29, 1.82) is 0 Å². The molecule has 5 aliphatic rings. The van der Waals surface area contributed by atoms with E-state index in [2.05, 4.69) is 36.3 Å². The summed E-state index contributed by atoms with van der Waals surface area (Å²) in [7, 11) is 0. The minimum absolute atomic E-state index is 0.0308. The Labute approximate surface area is 244 Å². The van der Waals surface area contributed by atoms with Crippen LogP contribution in [0.15, 0.2) is 16.8 Å². The van der Waals surface area contributed by atoms with E-state index in [1.54, 1.807) is 0 Å². The van der Waals surface area contributed by atoms with Crippen LogP contribution in [0.2, 0.25) is 0 Å². The summed E-state index contributed by atoms with van der Waals surface area (Å²) in [6, 6.07) is -0.471. The van der Waals surface area contributed by atoms with Gasteiger partial charge in [0.05, 0.1) is 17.7 Å². The van der Waals surface area contributed by atoms with E-state index in [9.17, 15) is 19.8 Å². The number of allylic oxidation sites excluding steroid dienone is 2. The van der Waals surface area contributed by atoms with Crippen LogP contribution in [-0.2, 0) is 19.2 Å². The molecule has 8 nitrogen and oxygen atoms in total. The van der Waals surface area contributed by atoms with Gasteiger partial charge in [0.2, 0.25) is 0 Å². The van der Waals surface area contributed by atoms with Gasteiger partial charge in [-0.2, -0.15) is 0 Å². The quantitative estimate of drug-likeness (QED) is 0.299. The van der Waals surface area contributed by atoms with Crippen LogP contribution in [0.4, 0.5) is 0 Å². The average molecular weight is 569 g/mol. The van der Waals surface area contributed by atoms with Crippen molar-refractivity contribution in [3.05, 3.63) is 11.6 Å². The maximum Gasteiger partial charge on any atom is 0.305 e. The van der Waals surface area contributed by atoms with Gasteiger partial charge in [0.1, 0.15) is 5.60 Å². The summed E-state index contributed by atoms with van der Waals surface area (Å²) in [6.45, 7) is 8.93. The Morgan fingerprint density at radius 3 is 2.61 bits per heavy atom. The molecule has 0 aromatic rings. The number of oxime groups is 1. The number of carboxylic acid groups (broad SMARTS) is 1. The molecule has 1 aliphatic heterocycles. The maximum absolute atomic E-state index is 12.7. The lowest BCUT2D eigenvalue weighted by molar-refractivity contribution is -0.139. The highest BCUT2D eigenvalue weighted by Gasteiger charge is 2.63. The lowest BCUT2D eigenvalue weighted by Gasteiger charge is -2.58. The van der Waals surface area contributed by atoms with Gasteiger partial charge in [-0.25, -0.2) is 0 Å². The van der Waals surface area contributed by atoms with Crippen LogP contribution < -0.4 is 5.32 Å². The van der Waals surface area contributed by atoms with Crippen LogP contribution in [0.5, 0.6) is 0 Å². The van der Waals surface area contributed by atoms with Crippen molar-refractivity contribution < 1.29 is 29.4 Å². The highest BCUT2D eigenvalue weighted by atomic mass is 16.6. The number of carbonyl (C=O) groups is 2. The van der Waals surface area contributed by atoms with Gasteiger partial charge in [0, 0.05) is 18.1 Å². The first kappa shape index (κ1) is 30.1. The second-order valence-electron chi connectivity index (χ2n) is 14.5. The first-order chi connectivity index (χ1) is 19.3. The SMILES string of the molecule is C#C[C@]1(O)CC[C@@H]2[C@@H]3CCC4=CC(=NOCC(=O)N[C@H](CC(=O)O)[C@@H]5CCOC(C)(C)C5)CC[C@]4(C)[C@@H]3CC[C@@]21C. The minimum atomic E-state index is -0.981. The molecule has 8 heteroatoms. The summed E-state index contributed by atoms with van der Waals surface area (Å²) < 4.78 is 5.77. The molecule has 1 saturated heterocycles. The summed E-state index contributed by atoms with van der Waals surface area (Å²) in [5, 5.41) is 27.9. The van der Waals surface area contributed by atoms with E-state index in [0.29, 0.717) is 43.6 Å². The molecular formula is C33H48N2O6. The number of aliphatic hydroxyl groups is 1. The van der Waals surface area contributed by atoms with Crippen molar-refractivity contribution in [2.75, 3.05) is 13.2 Å². The number of aliphatic carboxylic acids is 1. The van der Waals surface area contributed by atoms with Crippen LogP contribution in [0.1, 0.15) is 98.3 Å². The molecule has 226 valence electrons. The third kappa shape index (κ3) is 5.57. The van der Waals surface area contributed by atoms with E-state index in [0.717, 1.165) is 50.7 Å². The number of fused-ring (bicyclic) bond motifs is 5. The number of terminal acetylenes is 1. The van der Waals surface area contributed by atoms with Gasteiger partial charge in [-0.3, -0.25) is 9.59 Å². The number of nitrogens with zero attached hydrogens (tertiary/aromatic N) is 1. The van der Waals surface area contributed by atoms with Crippen LogP contribution in [0.25, 0.3) is 0 Å². The predicted octanol–water partition coefficient (Wildman–Crippen LogP) is 4.85. The molecule has 41 heavy (non-hydrogen) atoms. The molecule has 0 radical (unpaired) electrons. The lowest BCUT2D eigenvalue weighted by atomic mass is 9.46. The number of hydrogen-bond donors (Lipinski definition) is 3. The molecule has 0 spiro atoms. The van der Waals surface area contributed by atoms with E-state index in [-0.39, 0.29) is 41.3 Å². The van der Waals surface area contributed by atoms with Crippen LogP contribution >= 0.6 is 0 Å². The van der Waals surface area contributed by atoms with Gasteiger partial charge in [0.15, 0.2) is 6.61 Å². The van der Waals surface area contributed by atoms with Gasteiger partial charge >= 0.3 is 5.97 Å². The number of carboxylic acids is 1. The van der Waals surface area contributed by atoms with Crippen molar-refractivity contribution >= 4 is 17.6 Å². The van der Waals surface area contributed by atoms with Crippen molar-refractivity contribution in [1.82, 2.24) is 5.32 Å². The van der Waals surface area contributed by atoms with E-state index in [4.69, 9.17) is 16.0 Å².